The molecule has 1 atom stereocenters. The van der Waals surface area contributed by atoms with E-state index in [1.807, 2.05) is 10.9 Å². The van der Waals surface area contributed by atoms with Crippen molar-refractivity contribution in [3.8, 4) is 0 Å². The van der Waals surface area contributed by atoms with Gasteiger partial charge in [0.1, 0.15) is 0 Å². The Balaban J connectivity index is 2.58. The molecule has 0 amide bonds. The van der Waals surface area contributed by atoms with Gasteiger partial charge < -0.3 is 5.73 Å². The summed E-state index contributed by atoms with van der Waals surface area (Å²) in [6.45, 7) is 7.35. The number of aromatic nitrogens is 3. The molecule has 0 bridgehead atoms. The Morgan fingerprint density at radius 3 is 2.79 bits per heavy atom. The SMILES string of the molecule is CCCC(N)c1cn(CC(C)C)nn1. The Hall–Kier alpha value is -0.900. The van der Waals surface area contributed by atoms with Crippen LogP contribution in [0.5, 0.6) is 0 Å². The summed E-state index contributed by atoms with van der Waals surface area (Å²) in [4.78, 5) is 0. The minimum atomic E-state index is 0.0425. The van der Waals surface area contributed by atoms with Crippen LogP contribution < -0.4 is 5.73 Å². The van der Waals surface area contributed by atoms with Gasteiger partial charge in [-0.15, -0.1) is 5.10 Å². The molecule has 0 saturated carbocycles. The predicted octanol–water partition coefficient (Wildman–Crippen LogP) is 1.73. The van der Waals surface area contributed by atoms with E-state index in [1.54, 1.807) is 0 Å². The van der Waals surface area contributed by atoms with Crippen LogP contribution in [0.4, 0.5) is 0 Å². The molecule has 0 saturated heterocycles. The first kappa shape index (κ1) is 11.2. The Morgan fingerprint density at radius 2 is 2.21 bits per heavy atom. The molecule has 0 aliphatic carbocycles. The molecule has 1 unspecified atom stereocenters. The molecule has 2 N–H and O–H groups in total. The fourth-order valence-corrected chi connectivity index (χ4v) is 1.41. The van der Waals surface area contributed by atoms with Crippen molar-refractivity contribution >= 4 is 0 Å². The average molecular weight is 196 g/mol. The van der Waals surface area contributed by atoms with Gasteiger partial charge in [0.25, 0.3) is 0 Å². The lowest BCUT2D eigenvalue weighted by Crippen LogP contribution is -2.10. The molecule has 0 radical (unpaired) electrons. The second-order valence-corrected chi connectivity index (χ2v) is 4.15. The highest BCUT2D eigenvalue weighted by Gasteiger charge is 2.09. The lowest BCUT2D eigenvalue weighted by Gasteiger charge is -2.05. The first-order valence-corrected chi connectivity index (χ1v) is 5.29. The smallest absolute Gasteiger partial charge is 0.0994 e. The summed E-state index contributed by atoms with van der Waals surface area (Å²) >= 11 is 0. The van der Waals surface area contributed by atoms with E-state index < -0.39 is 0 Å². The molecule has 4 heteroatoms. The van der Waals surface area contributed by atoms with Gasteiger partial charge in [-0.25, -0.2) is 0 Å². The summed E-state index contributed by atoms with van der Waals surface area (Å²) in [6, 6.07) is 0.0425. The summed E-state index contributed by atoms with van der Waals surface area (Å²) in [6.07, 6.45) is 4.01. The topological polar surface area (TPSA) is 56.7 Å². The maximum absolute atomic E-state index is 5.93. The number of rotatable bonds is 5. The van der Waals surface area contributed by atoms with E-state index in [4.69, 9.17) is 5.73 Å². The number of hydrogen-bond donors (Lipinski definition) is 1. The van der Waals surface area contributed by atoms with E-state index in [9.17, 15) is 0 Å². The van der Waals surface area contributed by atoms with Crippen LogP contribution in [0.3, 0.4) is 0 Å². The van der Waals surface area contributed by atoms with Crippen molar-refractivity contribution in [3.05, 3.63) is 11.9 Å². The third-order valence-corrected chi connectivity index (χ3v) is 2.09. The van der Waals surface area contributed by atoms with E-state index in [1.165, 1.54) is 0 Å². The standard InChI is InChI=1S/C10H20N4/c1-4-5-9(11)10-7-14(13-12-10)6-8(2)3/h7-9H,4-6,11H2,1-3H3. The van der Waals surface area contributed by atoms with Gasteiger partial charge in [0.2, 0.25) is 0 Å². The van der Waals surface area contributed by atoms with E-state index in [0.29, 0.717) is 5.92 Å². The van der Waals surface area contributed by atoms with Crippen LogP contribution in [0.15, 0.2) is 6.20 Å². The first-order chi connectivity index (χ1) is 6.63. The molecular weight excluding hydrogens is 176 g/mol. The van der Waals surface area contributed by atoms with Crippen LogP contribution in [0.1, 0.15) is 45.3 Å². The van der Waals surface area contributed by atoms with Gasteiger partial charge in [-0.05, 0) is 12.3 Å². The second kappa shape index (κ2) is 5.10. The highest BCUT2D eigenvalue weighted by atomic mass is 15.4. The molecular formula is C10H20N4. The van der Waals surface area contributed by atoms with Crippen LogP contribution in [0.25, 0.3) is 0 Å². The Kier molecular flexibility index (Phi) is 4.07. The molecule has 1 aromatic rings. The van der Waals surface area contributed by atoms with Crippen molar-refractivity contribution in [3.63, 3.8) is 0 Å². The maximum Gasteiger partial charge on any atom is 0.0994 e. The van der Waals surface area contributed by atoms with Gasteiger partial charge in [-0.1, -0.05) is 32.4 Å². The molecule has 0 aromatic carbocycles. The van der Waals surface area contributed by atoms with Gasteiger partial charge >= 0.3 is 0 Å². The number of nitrogens with two attached hydrogens (primary N) is 1. The van der Waals surface area contributed by atoms with Gasteiger partial charge in [0.05, 0.1) is 17.9 Å². The summed E-state index contributed by atoms with van der Waals surface area (Å²) in [5.74, 6) is 0.590. The molecule has 0 spiro atoms. The summed E-state index contributed by atoms with van der Waals surface area (Å²) < 4.78 is 1.87. The maximum atomic E-state index is 5.93. The van der Waals surface area contributed by atoms with Gasteiger partial charge in [0.15, 0.2) is 0 Å². The molecule has 1 aromatic heterocycles. The van der Waals surface area contributed by atoms with Crippen LogP contribution in [-0.2, 0) is 6.54 Å². The molecule has 1 heterocycles. The average Bonchev–Trinajstić information content (AvgIpc) is 2.52. The fourth-order valence-electron chi connectivity index (χ4n) is 1.41. The summed E-state index contributed by atoms with van der Waals surface area (Å²) in [5, 5.41) is 8.12. The van der Waals surface area contributed by atoms with Crippen molar-refractivity contribution < 1.29 is 0 Å². The molecule has 0 aliphatic rings. The molecule has 14 heavy (non-hydrogen) atoms. The highest BCUT2D eigenvalue weighted by molar-refractivity contribution is 4.99. The van der Waals surface area contributed by atoms with Crippen LogP contribution in [-0.4, -0.2) is 15.0 Å². The minimum absolute atomic E-state index is 0.0425. The quantitative estimate of drug-likeness (QED) is 0.780. The van der Waals surface area contributed by atoms with E-state index >= 15 is 0 Å². The fraction of sp³-hybridized carbons (Fsp3) is 0.800. The zero-order valence-electron chi connectivity index (χ0n) is 9.27. The van der Waals surface area contributed by atoms with Gasteiger partial charge in [0, 0.05) is 6.54 Å². The van der Waals surface area contributed by atoms with E-state index in [0.717, 1.165) is 25.1 Å². The zero-order valence-corrected chi connectivity index (χ0v) is 9.27. The van der Waals surface area contributed by atoms with E-state index in [2.05, 4.69) is 31.1 Å². The monoisotopic (exact) mass is 196 g/mol. The second-order valence-electron chi connectivity index (χ2n) is 4.15. The van der Waals surface area contributed by atoms with Crippen LogP contribution in [0, 0.1) is 5.92 Å². The zero-order chi connectivity index (χ0) is 10.6. The van der Waals surface area contributed by atoms with Crippen LogP contribution >= 0.6 is 0 Å². The Bertz CT molecular complexity index is 267. The third kappa shape index (κ3) is 3.10. The van der Waals surface area contributed by atoms with Crippen molar-refractivity contribution in [2.24, 2.45) is 11.7 Å². The molecule has 80 valence electrons. The van der Waals surface area contributed by atoms with Crippen molar-refractivity contribution in [2.75, 3.05) is 0 Å². The van der Waals surface area contributed by atoms with Crippen molar-refractivity contribution in [1.82, 2.24) is 15.0 Å². The van der Waals surface area contributed by atoms with Crippen LogP contribution in [0.2, 0.25) is 0 Å². The number of hydrogen-bond acceptors (Lipinski definition) is 3. The molecule has 0 aliphatic heterocycles. The molecule has 1 rings (SSSR count). The third-order valence-electron chi connectivity index (χ3n) is 2.09. The lowest BCUT2D eigenvalue weighted by atomic mass is 10.1. The first-order valence-electron chi connectivity index (χ1n) is 5.29. The molecule has 4 nitrogen and oxygen atoms in total. The van der Waals surface area contributed by atoms with Gasteiger partial charge in [-0.3, -0.25) is 4.68 Å². The van der Waals surface area contributed by atoms with E-state index in [-0.39, 0.29) is 6.04 Å². The molecule has 0 fully saturated rings. The number of nitrogens with zero attached hydrogens (tertiary/aromatic N) is 3. The van der Waals surface area contributed by atoms with Crippen molar-refractivity contribution in [2.45, 2.75) is 46.2 Å². The Morgan fingerprint density at radius 1 is 1.50 bits per heavy atom. The highest BCUT2D eigenvalue weighted by Crippen LogP contribution is 2.12. The van der Waals surface area contributed by atoms with Crippen molar-refractivity contribution in [1.29, 1.82) is 0 Å². The summed E-state index contributed by atoms with van der Waals surface area (Å²) in [7, 11) is 0. The van der Waals surface area contributed by atoms with Gasteiger partial charge in [-0.2, -0.15) is 0 Å². The summed E-state index contributed by atoms with van der Waals surface area (Å²) in [5.41, 5.74) is 6.84. The predicted molar refractivity (Wildman–Crippen MR) is 56.7 cm³/mol. The lowest BCUT2D eigenvalue weighted by molar-refractivity contribution is 0.472. The largest absolute Gasteiger partial charge is 0.323 e. The minimum Gasteiger partial charge on any atom is -0.323 e. The normalized spacial score (nSPS) is 13.5. The Labute approximate surface area is 85.5 Å².